The second-order valence-electron chi connectivity index (χ2n) is 6.26. The van der Waals surface area contributed by atoms with Gasteiger partial charge in [-0.25, -0.2) is 4.68 Å². The largest absolute Gasteiger partial charge is 0.352 e. The van der Waals surface area contributed by atoms with Crippen molar-refractivity contribution in [3.8, 4) is 5.69 Å². The lowest BCUT2D eigenvalue weighted by atomic mass is 10.1. The third-order valence-corrected chi connectivity index (χ3v) is 4.85. The number of nitrogens with one attached hydrogen (secondary N) is 1. The van der Waals surface area contributed by atoms with E-state index in [0.717, 1.165) is 28.2 Å². The lowest BCUT2D eigenvalue weighted by Crippen LogP contribution is -2.23. The molecule has 0 spiro atoms. The van der Waals surface area contributed by atoms with E-state index in [4.69, 9.17) is 11.6 Å². The van der Waals surface area contributed by atoms with Crippen LogP contribution >= 0.6 is 11.6 Å². The molecule has 1 aromatic heterocycles. The normalized spacial score (nSPS) is 10.7. The minimum atomic E-state index is 0.0104. The van der Waals surface area contributed by atoms with E-state index in [1.54, 1.807) is 0 Å². The molecule has 1 amide bonds. The Balaban J connectivity index is 1.62. The first-order chi connectivity index (χ1) is 12.6. The van der Waals surface area contributed by atoms with Crippen LogP contribution in [-0.4, -0.2) is 15.7 Å². The summed E-state index contributed by atoms with van der Waals surface area (Å²) in [6, 6.07) is 17.6. The molecule has 0 unspecified atom stereocenters. The summed E-state index contributed by atoms with van der Waals surface area (Å²) in [6.45, 7) is 4.48. The number of nitrogens with zero attached hydrogens (tertiary/aromatic N) is 2. The predicted molar refractivity (Wildman–Crippen MR) is 105 cm³/mol. The zero-order valence-corrected chi connectivity index (χ0v) is 15.8. The van der Waals surface area contributed by atoms with Gasteiger partial charge >= 0.3 is 0 Å². The Morgan fingerprint density at radius 1 is 1.08 bits per heavy atom. The van der Waals surface area contributed by atoms with Gasteiger partial charge in [0, 0.05) is 23.7 Å². The van der Waals surface area contributed by atoms with Gasteiger partial charge in [0.05, 0.1) is 11.4 Å². The molecule has 1 N–H and O–H groups in total. The molecule has 0 radical (unpaired) electrons. The number of amides is 1. The van der Waals surface area contributed by atoms with Crippen molar-refractivity contribution in [2.75, 3.05) is 0 Å². The molecule has 0 saturated carbocycles. The minimum Gasteiger partial charge on any atom is -0.352 e. The summed E-state index contributed by atoms with van der Waals surface area (Å²) in [5.74, 6) is 0.0104. The average Bonchev–Trinajstić information content (AvgIpc) is 2.94. The molecule has 0 atom stereocenters. The van der Waals surface area contributed by atoms with Gasteiger partial charge in [0.1, 0.15) is 0 Å². The first kappa shape index (κ1) is 18.2. The molecule has 134 valence electrons. The van der Waals surface area contributed by atoms with E-state index < -0.39 is 0 Å². The molecule has 26 heavy (non-hydrogen) atoms. The summed E-state index contributed by atoms with van der Waals surface area (Å²) in [6.07, 6.45) is 1.09. The fraction of sp³-hybridized carbons (Fsp3) is 0.238. The molecule has 0 bridgehead atoms. The summed E-state index contributed by atoms with van der Waals surface area (Å²) in [5.41, 5.74) is 5.12. The number of aromatic nitrogens is 2. The van der Waals surface area contributed by atoms with Crippen LogP contribution in [0.15, 0.2) is 54.6 Å². The number of carbonyl (C=O) groups excluding carboxylic acids is 1. The Morgan fingerprint density at radius 2 is 1.77 bits per heavy atom. The lowest BCUT2D eigenvalue weighted by Gasteiger charge is -2.08. The van der Waals surface area contributed by atoms with Crippen LogP contribution in [0, 0.1) is 13.8 Å². The van der Waals surface area contributed by atoms with Crippen molar-refractivity contribution in [1.29, 1.82) is 0 Å². The maximum atomic E-state index is 12.2. The highest BCUT2D eigenvalue weighted by Crippen LogP contribution is 2.19. The summed E-state index contributed by atoms with van der Waals surface area (Å²) < 4.78 is 1.94. The van der Waals surface area contributed by atoms with Gasteiger partial charge in [-0.15, -0.1) is 0 Å². The van der Waals surface area contributed by atoms with E-state index >= 15 is 0 Å². The lowest BCUT2D eigenvalue weighted by molar-refractivity contribution is -0.121. The first-order valence-electron chi connectivity index (χ1n) is 8.67. The van der Waals surface area contributed by atoms with Crippen LogP contribution in [0.3, 0.4) is 0 Å². The van der Waals surface area contributed by atoms with Crippen LogP contribution in [0.2, 0.25) is 5.02 Å². The summed E-state index contributed by atoms with van der Waals surface area (Å²) in [7, 11) is 0. The second kappa shape index (κ2) is 8.19. The molecule has 0 aliphatic carbocycles. The van der Waals surface area contributed by atoms with E-state index in [1.807, 2.05) is 73.1 Å². The molecule has 1 heterocycles. The monoisotopic (exact) mass is 367 g/mol. The van der Waals surface area contributed by atoms with Crippen molar-refractivity contribution in [2.24, 2.45) is 0 Å². The van der Waals surface area contributed by atoms with Crippen LogP contribution in [0.25, 0.3) is 5.69 Å². The molecular formula is C21H22ClN3O. The molecule has 4 nitrogen and oxygen atoms in total. The van der Waals surface area contributed by atoms with Gasteiger partial charge in [-0.3, -0.25) is 4.79 Å². The first-order valence-corrected chi connectivity index (χ1v) is 9.04. The summed E-state index contributed by atoms with van der Waals surface area (Å²) in [5, 5.41) is 8.24. The number of rotatable bonds is 6. The number of hydrogen-bond acceptors (Lipinski definition) is 2. The van der Waals surface area contributed by atoms with Crippen molar-refractivity contribution in [1.82, 2.24) is 15.1 Å². The van der Waals surface area contributed by atoms with Gasteiger partial charge in [-0.05, 0) is 49.6 Å². The number of para-hydroxylation sites is 1. The van der Waals surface area contributed by atoms with Gasteiger partial charge in [0.2, 0.25) is 5.91 Å². The fourth-order valence-electron chi connectivity index (χ4n) is 3.02. The molecule has 3 aromatic rings. The molecule has 0 aliphatic heterocycles. The zero-order chi connectivity index (χ0) is 18.5. The molecule has 0 fully saturated rings. The van der Waals surface area contributed by atoms with Crippen molar-refractivity contribution >= 4 is 17.5 Å². The highest BCUT2D eigenvalue weighted by atomic mass is 35.5. The molecular weight excluding hydrogens is 346 g/mol. The van der Waals surface area contributed by atoms with Crippen LogP contribution in [0.4, 0.5) is 0 Å². The Bertz CT molecular complexity index is 903. The molecule has 3 rings (SSSR count). The Kier molecular flexibility index (Phi) is 5.74. The highest BCUT2D eigenvalue weighted by Gasteiger charge is 2.14. The number of carbonyl (C=O) groups is 1. The fourth-order valence-corrected chi connectivity index (χ4v) is 3.22. The summed E-state index contributed by atoms with van der Waals surface area (Å²) in [4.78, 5) is 12.2. The molecule has 0 saturated heterocycles. The number of benzene rings is 2. The van der Waals surface area contributed by atoms with E-state index in [1.165, 1.54) is 0 Å². The molecule has 2 aromatic carbocycles. The number of hydrogen-bond donors (Lipinski definition) is 1. The number of aryl methyl sites for hydroxylation is 1. The maximum absolute atomic E-state index is 12.2. The van der Waals surface area contributed by atoms with E-state index in [9.17, 15) is 4.79 Å². The van der Waals surface area contributed by atoms with E-state index in [0.29, 0.717) is 24.4 Å². The second-order valence-corrected chi connectivity index (χ2v) is 6.67. The van der Waals surface area contributed by atoms with Gasteiger partial charge < -0.3 is 5.32 Å². The third-order valence-electron chi connectivity index (χ3n) is 4.48. The van der Waals surface area contributed by atoms with Gasteiger partial charge in [-0.1, -0.05) is 48.0 Å². The van der Waals surface area contributed by atoms with E-state index in [-0.39, 0.29) is 5.91 Å². The number of halogens is 1. The van der Waals surface area contributed by atoms with Gasteiger partial charge in [0.15, 0.2) is 0 Å². The highest BCUT2D eigenvalue weighted by molar-refractivity contribution is 6.31. The minimum absolute atomic E-state index is 0.0104. The standard InChI is InChI=1S/C21H22ClN3O/c1-15-19(16(2)25(24-15)18-9-4-3-5-10-18)12-13-21(26)23-14-17-8-6-7-11-20(17)22/h3-11H,12-14H2,1-2H3,(H,23,26). The quantitative estimate of drug-likeness (QED) is 0.702. The Morgan fingerprint density at radius 3 is 2.50 bits per heavy atom. The van der Waals surface area contributed by atoms with Gasteiger partial charge in [-0.2, -0.15) is 5.10 Å². The van der Waals surface area contributed by atoms with Crippen molar-refractivity contribution in [3.63, 3.8) is 0 Å². The Hall–Kier alpha value is -2.59. The topological polar surface area (TPSA) is 46.9 Å². The Labute approximate surface area is 158 Å². The van der Waals surface area contributed by atoms with Crippen molar-refractivity contribution < 1.29 is 4.79 Å². The average molecular weight is 368 g/mol. The SMILES string of the molecule is Cc1nn(-c2ccccc2)c(C)c1CCC(=O)NCc1ccccc1Cl. The van der Waals surface area contributed by atoms with Crippen LogP contribution in [0.5, 0.6) is 0 Å². The van der Waals surface area contributed by atoms with E-state index in [2.05, 4.69) is 10.4 Å². The molecule has 5 heteroatoms. The zero-order valence-electron chi connectivity index (χ0n) is 15.0. The van der Waals surface area contributed by atoms with Crippen LogP contribution in [-0.2, 0) is 17.8 Å². The molecule has 0 aliphatic rings. The van der Waals surface area contributed by atoms with Gasteiger partial charge in [0.25, 0.3) is 0 Å². The maximum Gasteiger partial charge on any atom is 0.220 e. The van der Waals surface area contributed by atoms with Crippen LogP contribution < -0.4 is 5.32 Å². The smallest absolute Gasteiger partial charge is 0.220 e. The van der Waals surface area contributed by atoms with Crippen molar-refractivity contribution in [2.45, 2.75) is 33.2 Å². The predicted octanol–water partition coefficient (Wildman–Crippen LogP) is 4.39. The van der Waals surface area contributed by atoms with Crippen molar-refractivity contribution in [3.05, 3.63) is 82.1 Å². The van der Waals surface area contributed by atoms with Crippen LogP contribution in [0.1, 0.15) is 28.9 Å². The summed E-state index contributed by atoms with van der Waals surface area (Å²) >= 11 is 6.12. The third kappa shape index (κ3) is 4.14.